The van der Waals surface area contributed by atoms with Crippen LogP contribution in [0.2, 0.25) is 0 Å². The first-order chi connectivity index (χ1) is 3.00. The number of benzene rings is 1. The predicted molar refractivity (Wildman–Crippen MR) is 32.0 cm³/mol. The van der Waals surface area contributed by atoms with Crippen LogP contribution in [-0.4, -0.2) is 0 Å². The lowest BCUT2D eigenvalue weighted by molar-refractivity contribution is 1.70. The number of hydrogen-bond acceptors (Lipinski definition) is 0. The smallest absolute Gasteiger partial charge is 0.0184 e. The Morgan fingerprint density at radius 2 is 1.43 bits per heavy atom. The van der Waals surface area contributed by atoms with Gasteiger partial charge < -0.3 is 0 Å². The molecule has 0 aromatic heterocycles. The molecular weight excluding hydrogens is 84.1 g/mol. The molecule has 0 unspecified atom stereocenters. The second kappa shape index (κ2) is 3.41. The number of hydrogen-bond donors (Lipinski definition) is 0. The summed E-state index contributed by atoms with van der Waals surface area (Å²) in [6.07, 6.45) is 0. The Hall–Kier alpha value is -0.780. The van der Waals surface area contributed by atoms with Crippen LogP contribution >= 0.6 is 0 Å². The van der Waals surface area contributed by atoms with Crippen molar-refractivity contribution in [1.82, 2.24) is 0 Å². The van der Waals surface area contributed by atoms with E-state index in [1.807, 2.05) is 30.3 Å². The van der Waals surface area contributed by atoms with Crippen LogP contribution in [0.1, 0.15) is 7.43 Å². The molecule has 7 heavy (non-hydrogen) atoms. The minimum Gasteiger partial charge on any atom is -0.0776 e. The molecule has 0 aliphatic carbocycles. The van der Waals surface area contributed by atoms with Crippen LogP contribution in [0.15, 0.2) is 30.3 Å². The van der Waals surface area contributed by atoms with Gasteiger partial charge in [0, 0.05) is 0 Å². The third-order valence-electron chi connectivity index (χ3n) is 0.607. The fourth-order valence-corrected chi connectivity index (χ4v) is 0.342. The maximum absolute atomic E-state index is 2.89. The van der Waals surface area contributed by atoms with Crippen molar-refractivity contribution in [3.05, 3.63) is 36.4 Å². The van der Waals surface area contributed by atoms with E-state index in [-0.39, 0.29) is 7.43 Å². The van der Waals surface area contributed by atoms with Crippen LogP contribution in [-0.2, 0) is 0 Å². The highest BCUT2D eigenvalue weighted by Gasteiger charge is 1.58. The highest BCUT2D eigenvalue weighted by atomic mass is 13.6. The van der Waals surface area contributed by atoms with Gasteiger partial charge in [0.15, 0.2) is 0 Å². The molecule has 1 rings (SSSR count). The van der Waals surface area contributed by atoms with E-state index in [9.17, 15) is 0 Å². The van der Waals surface area contributed by atoms with Crippen molar-refractivity contribution >= 4 is 0 Å². The Bertz CT molecular complexity index is 72.0. The highest BCUT2D eigenvalue weighted by Crippen LogP contribution is 1.78. The molecule has 0 spiro atoms. The molecule has 0 saturated carbocycles. The molecule has 0 nitrogen and oxygen atoms in total. The average Bonchev–Trinajstić information content (AvgIpc) is 1.72. The van der Waals surface area contributed by atoms with Gasteiger partial charge in [-0.05, 0) is 6.07 Å². The van der Waals surface area contributed by atoms with Crippen LogP contribution in [0.3, 0.4) is 0 Å². The van der Waals surface area contributed by atoms with Crippen LogP contribution in [0.25, 0.3) is 0 Å². The predicted octanol–water partition coefficient (Wildman–Crippen LogP) is 2.12. The molecule has 0 N–H and O–H groups in total. The summed E-state index contributed by atoms with van der Waals surface area (Å²) >= 11 is 0. The summed E-state index contributed by atoms with van der Waals surface area (Å²) in [5.74, 6) is 0. The molecule has 0 saturated heterocycles. The lowest BCUT2D eigenvalue weighted by atomic mass is 10.4. The lowest BCUT2D eigenvalue weighted by Gasteiger charge is -1.68. The van der Waals surface area contributed by atoms with Gasteiger partial charge in [-0.15, -0.1) is 0 Å². The minimum atomic E-state index is 0. The Kier molecular flexibility index (Phi) is 3.03. The van der Waals surface area contributed by atoms with Crippen molar-refractivity contribution < 1.29 is 0 Å². The SMILES string of the molecule is C.[c]1ccccc1. The molecule has 0 aliphatic heterocycles. The van der Waals surface area contributed by atoms with Gasteiger partial charge in [-0.25, -0.2) is 0 Å². The summed E-state index contributed by atoms with van der Waals surface area (Å²) < 4.78 is 0. The van der Waals surface area contributed by atoms with Gasteiger partial charge in [-0.3, -0.25) is 0 Å². The molecule has 0 heteroatoms. The van der Waals surface area contributed by atoms with E-state index in [0.717, 1.165) is 0 Å². The molecule has 0 heterocycles. The van der Waals surface area contributed by atoms with Crippen molar-refractivity contribution in [1.29, 1.82) is 0 Å². The lowest BCUT2D eigenvalue weighted by Crippen LogP contribution is -1.49. The third-order valence-corrected chi connectivity index (χ3v) is 0.607. The summed E-state index contributed by atoms with van der Waals surface area (Å²) in [6, 6.07) is 12.5. The molecule has 0 amide bonds. The van der Waals surface area contributed by atoms with Crippen LogP contribution in [0.4, 0.5) is 0 Å². The number of rotatable bonds is 0. The van der Waals surface area contributed by atoms with E-state index in [1.54, 1.807) is 0 Å². The monoisotopic (exact) mass is 93.1 g/mol. The topological polar surface area (TPSA) is 0 Å². The molecule has 37 valence electrons. The first-order valence-electron chi connectivity index (χ1n) is 1.91. The van der Waals surface area contributed by atoms with Crippen LogP contribution in [0, 0.1) is 6.07 Å². The zero-order valence-corrected chi connectivity index (χ0v) is 3.39. The van der Waals surface area contributed by atoms with Gasteiger partial charge in [0.25, 0.3) is 0 Å². The molecule has 0 bridgehead atoms. The third kappa shape index (κ3) is 1.99. The van der Waals surface area contributed by atoms with Gasteiger partial charge >= 0.3 is 0 Å². The first kappa shape index (κ1) is 6.22. The van der Waals surface area contributed by atoms with Crippen LogP contribution < -0.4 is 0 Å². The van der Waals surface area contributed by atoms with E-state index in [2.05, 4.69) is 6.07 Å². The normalized spacial score (nSPS) is 6.86. The summed E-state index contributed by atoms with van der Waals surface area (Å²) in [5.41, 5.74) is 0. The minimum absolute atomic E-state index is 0. The van der Waals surface area contributed by atoms with E-state index >= 15 is 0 Å². The van der Waals surface area contributed by atoms with Gasteiger partial charge in [0.1, 0.15) is 0 Å². The maximum atomic E-state index is 2.89. The Morgan fingerprint density at radius 3 is 1.57 bits per heavy atom. The van der Waals surface area contributed by atoms with Crippen molar-refractivity contribution in [2.24, 2.45) is 0 Å². The van der Waals surface area contributed by atoms with Gasteiger partial charge in [0.2, 0.25) is 0 Å². The molecule has 0 atom stereocenters. The maximum Gasteiger partial charge on any atom is -0.0184 e. The van der Waals surface area contributed by atoms with E-state index in [1.165, 1.54) is 0 Å². The van der Waals surface area contributed by atoms with Crippen molar-refractivity contribution in [3.63, 3.8) is 0 Å². The molecule has 0 aliphatic rings. The second-order valence-corrected chi connectivity index (χ2v) is 1.08. The van der Waals surface area contributed by atoms with Gasteiger partial charge in [-0.1, -0.05) is 37.8 Å². The molecule has 1 aromatic carbocycles. The van der Waals surface area contributed by atoms with Crippen molar-refractivity contribution in [2.45, 2.75) is 7.43 Å². The first-order valence-corrected chi connectivity index (χ1v) is 1.91. The standard InChI is InChI=1S/C6H5.CH4/c1-2-4-6-5-3-1;/h1-5H;1H4. The van der Waals surface area contributed by atoms with E-state index < -0.39 is 0 Å². The average molecular weight is 93.1 g/mol. The Balaban J connectivity index is 0.000000360. The fraction of sp³-hybridized carbons (Fsp3) is 0.143. The zero-order chi connectivity index (χ0) is 4.24. The van der Waals surface area contributed by atoms with Gasteiger partial charge in [0.05, 0.1) is 0 Å². The van der Waals surface area contributed by atoms with Gasteiger partial charge in [-0.2, -0.15) is 0 Å². The highest BCUT2D eigenvalue weighted by molar-refractivity contribution is 4.97. The summed E-state index contributed by atoms with van der Waals surface area (Å²) in [6.45, 7) is 0. The second-order valence-electron chi connectivity index (χ2n) is 1.08. The quantitative estimate of drug-likeness (QED) is 0.461. The molecule has 0 fully saturated rings. The van der Waals surface area contributed by atoms with E-state index in [0.29, 0.717) is 0 Å². The Morgan fingerprint density at radius 1 is 0.857 bits per heavy atom. The zero-order valence-electron chi connectivity index (χ0n) is 3.39. The summed E-state index contributed by atoms with van der Waals surface area (Å²) in [5, 5.41) is 0. The largest absolute Gasteiger partial charge is 0.0776 e. The Labute approximate surface area is 44.8 Å². The van der Waals surface area contributed by atoms with Crippen LogP contribution in [0.5, 0.6) is 0 Å². The fourth-order valence-electron chi connectivity index (χ4n) is 0.342. The van der Waals surface area contributed by atoms with E-state index in [4.69, 9.17) is 0 Å². The van der Waals surface area contributed by atoms with Crippen molar-refractivity contribution in [3.8, 4) is 0 Å². The molecule has 1 radical (unpaired) electrons. The summed E-state index contributed by atoms with van der Waals surface area (Å²) in [4.78, 5) is 0. The van der Waals surface area contributed by atoms with Crippen molar-refractivity contribution in [2.75, 3.05) is 0 Å². The molecular formula is C7H9. The molecule has 1 aromatic rings. The summed E-state index contributed by atoms with van der Waals surface area (Å²) in [7, 11) is 0.